The van der Waals surface area contributed by atoms with E-state index in [1.165, 1.54) is 46.3 Å². The van der Waals surface area contributed by atoms with Crippen molar-refractivity contribution in [3.05, 3.63) is 16.8 Å². The van der Waals surface area contributed by atoms with Gasteiger partial charge in [0.25, 0.3) is 0 Å². The van der Waals surface area contributed by atoms with Gasteiger partial charge in [-0.1, -0.05) is 0 Å². The van der Waals surface area contributed by atoms with Crippen LogP contribution >= 0.6 is 11.3 Å². The molecule has 0 saturated carbocycles. The Labute approximate surface area is 158 Å². The highest BCUT2D eigenvalue weighted by atomic mass is 32.1. The average Bonchev–Trinajstić information content (AvgIpc) is 3.25. The molecule has 138 valence electrons. The number of aryl methyl sites for hydroxylation is 2. The Bertz CT molecular complexity index is 825. The number of carbonyl (C=O) groups is 1. The fraction of sp³-hybridized carbons (Fsp3) is 0.650. The van der Waals surface area contributed by atoms with E-state index in [9.17, 15) is 4.79 Å². The minimum atomic E-state index is 0.366. The Morgan fingerprint density at radius 2 is 1.92 bits per heavy atom. The van der Waals surface area contributed by atoms with Crippen molar-refractivity contribution in [1.29, 1.82) is 0 Å². The van der Waals surface area contributed by atoms with Gasteiger partial charge in [0.2, 0.25) is 5.91 Å². The number of amides is 1. The second kappa shape index (κ2) is 6.80. The molecule has 1 aliphatic carbocycles. The minimum absolute atomic E-state index is 0.366. The van der Waals surface area contributed by atoms with Crippen molar-refractivity contribution in [3.63, 3.8) is 0 Å². The van der Waals surface area contributed by atoms with Crippen LogP contribution in [-0.2, 0) is 17.6 Å². The van der Waals surface area contributed by atoms with Gasteiger partial charge in [-0.05, 0) is 56.4 Å². The van der Waals surface area contributed by atoms with Crippen LogP contribution in [0.1, 0.15) is 49.0 Å². The van der Waals surface area contributed by atoms with Crippen LogP contribution in [0.3, 0.4) is 0 Å². The van der Waals surface area contributed by atoms with Crippen LogP contribution in [0.25, 0.3) is 10.2 Å². The number of hydrogen-bond donors (Lipinski definition) is 0. The number of rotatable bonds is 3. The summed E-state index contributed by atoms with van der Waals surface area (Å²) in [5.41, 5.74) is 1.52. The Morgan fingerprint density at radius 3 is 2.77 bits per heavy atom. The molecule has 2 aliphatic heterocycles. The summed E-state index contributed by atoms with van der Waals surface area (Å²) in [4.78, 5) is 28.6. The number of anilines is 1. The molecule has 2 aromatic heterocycles. The summed E-state index contributed by atoms with van der Waals surface area (Å²) in [6, 6.07) is 0. The van der Waals surface area contributed by atoms with E-state index in [1.807, 2.05) is 11.3 Å². The second-order valence-corrected chi connectivity index (χ2v) is 9.05. The van der Waals surface area contributed by atoms with Gasteiger partial charge in [-0.2, -0.15) is 0 Å². The minimum Gasteiger partial charge on any atom is -0.356 e. The molecule has 6 heteroatoms. The van der Waals surface area contributed by atoms with Gasteiger partial charge in [-0.15, -0.1) is 11.3 Å². The monoisotopic (exact) mass is 370 g/mol. The van der Waals surface area contributed by atoms with E-state index < -0.39 is 0 Å². The standard InChI is InChI=1S/C20H26N4OS/c25-17-6-1-2-9-24(17)12-14-7-10-23(11-8-14)19-18-15-4-3-5-16(15)26-20(18)22-13-21-19/h13-14H,1-12H2. The molecule has 5 nitrogen and oxygen atoms in total. The first-order valence-corrected chi connectivity index (χ1v) is 10.9. The Balaban J connectivity index is 1.30. The summed E-state index contributed by atoms with van der Waals surface area (Å²) < 4.78 is 0. The quantitative estimate of drug-likeness (QED) is 0.831. The topological polar surface area (TPSA) is 49.3 Å². The first-order valence-electron chi connectivity index (χ1n) is 10.1. The molecule has 0 unspecified atom stereocenters. The highest BCUT2D eigenvalue weighted by Crippen LogP contribution is 2.40. The number of thiophene rings is 1. The molecular weight excluding hydrogens is 344 g/mol. The number of carbonyl (C=O) groups excluding carboxylic acids is 1. The van der Waals surface area contributed by atoms with Gasteiger partial charge in [-0.3, -0.25) is 4.79 Å². The number of hydrogen-bond acceptors (Lipinski definition) is 5. The summed E-state index contributed by atoms with van der Waals surface area (Å²) >= 11 is 1.87. The van der Waals surface area contributed by atoms with Crippen LogP contribution in [0.4, 0.5) is 5.82 Å². The smallest absolute Gasteiger partial charge is 0.222 e. The Hall–Kier alpha value is -1.69. The molecule has 26 heavy (non-hydrogen) atoms. The van der Waals surface area contributed by atoms with Crippen LogP contribution in [-0.4, -0.2) is 47.0 Å². The highest BCUT2D eigenvalue weighted by Gasteiger charge is 2.28. The van der Waals surface area contributed by atoms with E-state index in [2.05, 4.69) is 14.8 Å². The van der Waals surface area contributed by atoms with Gasteiger partial charge in [0.15, 0.2) is 0 Å². The fourth-order valence-corrected chi connectivity index (χ4v) is 6.07. The number of aromatic nitrogens is 2. The first-order chi connectivity index (χ1) is 12.8. The maximum absolute atomic E-state index is 12.1. The van der Waals surface area contributed by atoms with Crippen LogP contribution in [0.2, 0.25) is 0 Å². The summed E-state index contributed by atoms with van der Waals surface area (Å²) in [7, 11) is 0. The van der Waals surface area contributed by atoms with E-state index >= 15 is 0 Å². The average molecular weight is 371 g/mol. The van der Waals surface area contributed by atoms with Crippen LogP contribution in [0, 0.1) is 5.92 Å². The summed E-state index contributed by atoms with van der Waals surface area (Å²) in [6.07, 6.45) is 10.7. The normalized spacial score (nSPS) is 21.6. The maximum Gasteiger partial charge on any atom is 0.222 e. The van der Waals surface area contributed by atoms with Crippen molar-refractivity contribution in [1.82, 2.24) is 14.9 Å². The Kier molecular flexibility index (Phi) is 4.31. The fourth-order valence-electron chi connectivity index (χ4n) is 4.85. The number of nitrogens with zero attached hydrogens (tertiary/aromatic N) is 4. The van der Waals surface area contributed by atoms with Gasteiger partial charge in [0, 0.05) is 37.5 Å². The summed E-state index contributed by atoms with van der Waals surface area (Å²) in [5, 5.41) is 1.33. The van der Waals surface area contributed by atoms with Gasteiger partial charge in [0.05, 0.1) is 5.39 Å². The summed E-state index contributed by atoms with van der Waals surface area (Å²) in [6.45, 7) is 4.01. The third-order valence-corrected chi connectivity index (χ3v) is 7.50. The van der Waals surface area contributed by atoms with Crippen LogP contribution < -0.4 is 4.90 Å². The number of fused-ring (bicyclic) bond motifs is 3. The van der Waals surface area contributed by atoms with Gasteiger partial charge in [-0.25, -0.2) is 9.97 Å². The van der Waals surface area contributed by atoms with Gasteiger partial charge in [0.1, 0.15) is 17.0 Å². The zero-order valence-corrected chi connectivity index (χ0v) is 16.1. The van der Waals surface area contributed by atoms with Crippen LogP contribution in [0.15, 0.2) is 6.33 Å². The first kappa shape index (κ1) is 16.5. The highest BCUT2D eigenvalue weighted by molar-refractivity contribution is 7.19. The van der Waals surface area contributed by atoms with Crippen molar-refractivity contribution in [2.75, 3.05) is 31.1 Å². The molecule has 1 amide bonds. The predicted molar refractivity (Wildman–Crippen MR) is 105 cm³/mol. The van der Waals surface area contributed by atoms with Crippen molar-refractivity contribution in [2.24, 2.45) is 5.92 Å². The SMILES string of the molecule is O=C1CCCCN1CC1CCN(c2ncnc3sc4c(c23)CCC4)CC1. The third kappa shape index (κ3) is 2.88. The molecule has 2 aromatic rings. The van der Waals surface area contributed by atoms with Gasteiger partial charge < -0.3 is 9.80 Å². The van der Waals surface area contributed by atoms with Crippen LogP contribution in [0.5, 0.6) is 0 Å². The molecule has 0 aromatic carbocycles. The molecule has 0 atom stereocenters. The van der Waals surface area contributed by atoms with E-state index in [0.717, 1.165) is 57.7 Å². The largest absolute Gasteiger partial charge is 0.356 e. The lowest BCUT2D eigenvalue weighted by atomic mass is 9.95. The van der Waals surface area contributed by atoms with E-state index in [0.29, 0.717) is 11.8 Å². The summed E-state index contributed by atoms with van der Waals surface area (Å²) in [5.74, 6) is 2.16. The van der Waals surface area contributed by atoms with E-state index in [4.69, 9.17) is 4.98 Å². The molecule has 0 radical (unpaired) electrons. The van der Waals surface area contributed by atoms with E-state index in [1.54, 1.807) is 6.33 Å². The number of piperidine rings is 2. The third-order valence-electron chi connectivity index (χ3n) is 6.30. The zero-order valence-electron chi connectivity index (χ0n) is 15.2. The predicted octanol–water partition coefficient (Wildman–Crippen LogP) is 3.41. The lowest BCUT2D eigenvalue weighted by Gasteiger charge is -2.36. The lowest BCUT2D eigenvalue weighted by Crippen LogP contribution is -2.43. The number of likely N-dealkylation sites (tertiary alicyclic amines) is 1. The second-order valence-electron chi connectivity index (χ2n) is 7.96. The van der Waals surface area contributed by atoms with Crippen molar-refractivity contribution >= 4 is 33.3 Å². The molecule has 0 N–H and O–H groups in total. The van der Waals surface area contributed by atoms with Crippen molar-refractivity contribution in [3.8, 4) is 0 Å². The van der Waals surface area contributed by atoms with Crippen molar-refractivity contribution < 1.29 is 4.79 Å². The molecular formula is C20H26N4OS. The Morgan fingerprint density at radius 1 is 1.04 bits per heavy atom. The lowest BCUT2D eigenvalue weighted by molar-refractivity contribution is -0.134. The molecule has 5 rings (SSSR count). The molecule has 4 heterocycles. The molecule has 2 saturated heterocycles. The molecule has 0 spiro atoms. The molecule has 2 fully saturated rings. The zero-order chi connectivity index (χ0) is 17.5. The molecule has 0 bridgehead atoms. The van der Waals surface area contributed by atoms with Crippen molar-refractivity contribution in [2.45, 2.75) is 51.4 Å². The van der Waals surface area contributed by atoms with E-state index in [-0.39, 0.29) is 0 Å². The van der Waals surface area contributed by atoms with Gasteiger partial charge >= 0.3 is 0 Å². The molecule has 3 aliphatic rings. The maximum atomic E-state index is 12.1.